The zero-order valence-electron chi connectivity index (χ0n) is 16.9. The van der Waals surface area contributed by atoms with Crippen LogP contribution in [-0.4, -0.2) is 5.78 Å². The molecule has 2 aliphatic carbocycles. The Hall–Kier alpha value is -0.850. The average molecular weight is 331 g/mol. The van der Waals surface area contributed by atoms with E-state index in [0.29, 0.717) is 23.0 Å². The van der Waals surface area contributed by atoms with Gasteiger partial charge in [-0.2, -0.15) is 0 Å². The predicted molar refractivity (Wildman–Crippen MR) is 104 cm³/mol. The van der Waals surface area contributed by atoms with Crippen LogP contribution in [0.5, 0.6) is 0 Å². The number of hydrogen-bond acceptors (Lipinski definition) is 1. The second-order valence-electron chi connectivity index (χ2n) is 9.47. The third kappa shape index (κ3) is 4.21. The van der Waals surface area contributed by atoms with Crippen molar-refractivity contribution < 1.29 is 4.79 Å². The summed E-state index contributed by atoms with van der Waals surface area (Å²) in [6, 6.07) is 0. The number of fused-ring (bicyclic) bond motifs is 1. The molecule has 1 nitrogen and oxygen atoms in total. The van der Waals surface area contributed by atoms with Gasteiger partial charge >= 0.3 is 0 Å². The van der Waals surface area contributed by atoms with Gasteiger partial charge in [0.15, 0.2) is 0 Å². The highest BCUT2D eigenvalue weighted by Gasteiger charge is 2.51. The lowest BCUT2D eigenvalue weighted by molar-refractivity contribution is -0.116. The van der Waals surface area contributed by atoms with Gasteiger partial charge in [0.2, 0.25) is 0 Å². The van der Waals surface area contributed by atoms with Crippen LogP contribution >= 0.6 is 0 Å². The molecule has 0 aromatic rings. The Morgan fingerprint density at radius 3 is 2.58 bits per heavy atom. The first-order chi connectivity index (χ1) is 11.2. The number of Topliss-reactive ketones (excluding diaryl/α,β-unsaturated/α-hetero) is 1. The van der Waals surface area contributed by atoms with Gasteiger partial charge in [0.05, 0.1) is 0 Å². The van der Waals surface area contributed by atoms with Crippen LogP contribution in [0.2, 0.25) is 0 Å². The second-order valence-corrected chi connectivity index (χ2v) is 9.47. The van der Waals surface area contributed by atoms with E-state index < -0.39 is 0 Å². The van der Waals surface area contributed by atoms with Crippen molar-refractivity contribution in [2.75, 3.05) is 0 Å². The van der Waals surface area contributed by atoms with Crippen molar-refractivity contribution in [3.05, 3.63) is 23.3 Å². The average Bonchev–Trinajstić information content (AvgIpc) is 2.45. The highest BCUT2D eigenvalue weighted by Crippen LogP contribution is 2.60. The van der Waals surface area contributed by atoms with Crippen LogP contribution in [0.15, 0.2) is 23.3 Å². The van der Waals surface area contributed by atoms with Crippen molar-refractivity contribution in [1.29, 1.82) is 0 Å². The van der Waals surface area contributed by atoms with Gasteiger partial charge in [-0.15, -0.1) is 0 Å². The summed E-state index contributed by atoms with van der Waals surface area (Å²) >= 11 is 0. The maximum atomic E-state index is 11.1. The topological polar surface area (TPSA) is 17.1 Å². The van der Waals surface area contributed by atoms with Gasteiger partial charge in [-0.3, -0.25) is 0 Å². The van der Waals surface area contributed by atoms with Gasteiger partial charge in [0, 0.05) is 6.42 Å². The van der Waals surface area contributed by atoms with Gasteiger partial charge in [-0.1, -0.05) is 50.5 Å². The summed E-state index contributed by atoms with van der Waals surface area (Å²) in [4.78, 5) is 11.1. The van der Waals surface area contributed by atoms with Crippen LogP contribution < -0.4 is 0 Å². The number of carbonyl (C=O) groups excluding carboxylic acids is 1. The lowest BCUT2D eigenvalue weighted by atomic mass is 9.48. The summed E-state index contributed by atoms with van der Waals surface area (Å²) in [6.45, 7) is 13.9. The van der Waals surface area contributed by atoms with E-state index in [1.165, 1.54) is 44.1 Å². The van der Waals surface area contributed by atoms with E-state index in [0.717, 1.165) is 18.3 Å². The number of allylic oxidation sites excluding steroid dienone is 4. The molecule has 0 spiro atoms. The lowest BCUT2D eigenvalue weighted by Gasteiger charge is -2.57. The minimum atomic E-state index is 0.296. The summed E-state index contributed by atoms with van der Waals surface area (Å²) in [6.07, 6.45) is 14.3. The van der Waals surface area contributed by atoms with E-state index in [4.69, 9.17) is 0 Å². The summed E-state index contributed by atoms with van der Waals surface area (Å²) in [5.41, 5.74) is 4.04. The van der Waals surface area contributed by atoms with Gasteiger partial charge < -0.3 is 4.79 Å². The fourth-order valence-electron chi connectivity index (χ4n) is 5.69. The molecule has 1 fully saturated rings. The monoisotopic (exact) mass is 330 g/mol. The van der Waals surface area contributed by atoms with Crippen LogP contribution in [0.25, 0.3) is 0 Å². The first-order valence-electron chi connectivity index (χ1n) is 9.98. The molecule has 0 radical (unpaired) electrons. The van der Waals surface area contributed by atoms with E-state index in [2.05, 4.69) is 46.8 Å². The first-order valence-corrected chi connectivity index (χ1v) is 9.98. The Bertz CT molecular complexity index is 522. The number of rotatable bonds is 6. The summed E-state index contributed by atoms with van der Waals surface area (Å²) in [7, 11) is 0. The molecule has 0 amide bonds. The molecular weight excluding hydrogens is 292 g/mol. The Balaban J connectivity index is 2.06. The molecule has 0 unspecified atom stereocenters. The zero-order valence-corrected chi connectivity index (χ0v) is 16.9. The normalized spacial score (nSPS) is 32.9. The van der Waals surface area contributed by atoms with E-state index in [1.807, 2.05) is 0 Å². The minimum Gasteiger partial charge on any atom is -0.300 e. The zero-order chi connectivity index (χ0) is 18.0. The van der Waals surface area contributed by atoms with Crippen molar-refractivity contribution in [3.63, 3.8) is 0 Å². The molecule has 3 atom stereocenters. The molecule has 1 saturated carbocycles. The molecule has 136 valence electrons. The molecule has 0 N–H and O–H groups in total. The lowest BCUT2D eigenvalue weighted by Crippen LogP contribution is -2.48. The molecular formula is C23H38O. The van der Waals surface area contributed by atoms with E-state index in [1.54, 1.807) is 12.5 Å². The first kappa shape index (κ1) is 19.5. The number of hydrogen-bond donors (Lipinski definition) is 0. The van der Waals surface area contributed by atoms with Crippen molar-refractivity contribution in [1.82, 2.24) is 0 Å². The highest BCUT2D eigenvalue weighted by molar-refractivity contribution is 5.75. The van der Waals surface area contributed by atoms with Crippen molar-refractivity contribution in [3.8, 4) is 0 Å². The van der Waals surface area contributed by atoms with E-state index in [9.17, 15) is 4.79 Å². The third-order valence-electron chi connectivity index (χ3n) is 7.11. The second kappa shape index (κ2) is 7.58. The van der Waals surface area contributed by atoms with Gasteiger partial charge in [-0.25, -0.2) is 0 Å². The number of ketones is 1. The Morgan fingerprint density at radius 1 is 1.21 bits per heavy atom. The van der Waals surface area contributed by atoms with Crippen molar-refractivity contribution in [2.45, 2.75) is 92.9 Å². The minimum absolute atomic E-state index is 0.296. The largest absolute Gasteiger partial charge is 0.300 e. The number of carbonyl (C=O) groups is 1. The molecule has 1 heteroatoms. The van der Waals surface area contributed by atoms with E-state index in [-0.39, 0.29) is 0 Å². The predicted octanol–water partition coefficient (Wildman–Crippen LogP) is 6.88. The molecule has 2 rings (SSSR count). The molecule has 0 bridgehead atoms. The van der Waals surface area contributed by atoms with Crippen LogP contribution in [0.3, 0.4) is 0 Å². The fraction of sp³-hybridized carbons (Fsp3) is 0.783. The Morgan fingerprint density at radius 2 is 1.92 bits per heavy atom. The molecule has 0 saturated heterocycles. The van der Waals surface area contributed by atoms with Crippen molar-refractivity contribution in [2.24, 2.45) is 22.7 Å². The van der Waals surface area contributed by atoms with Crippen LogP contribution in [-0.2, 0) is 4.79 Å². The van der Waals surface area contributed by atoms with Gasteiger partial charge in [-0.05, 0) is 82.0 Å². The van der Waals surface area contributed by atoms with E-state index >= 15 is 0 Å². The highest BCUT2D eigenvalue weighted by atomic mass is 16.1. The van der Waals surface area contributed by atoms with Crippen LogP contribution in [0.1, 0.15) is 92.9 Å². The summed E-state index contributed by atoms with van der Waals surface area (Å²) < 4.78 is 0. The molecule has 0 aliphatic heterocycles. The van der Waals surface area contributed by atoms with Gasteiger partial charge in [0.1, 0.15) is 5.78 Å². The molecule has 0 heterocycles. The van der Waals surface area contributed by atoms with Crippen molar-refractivity contribution >= 4 is 5.78 Å². The van der Waals surface area contributed by atoms with Crippen LogP contribution in [0, 0.1) is 22.7 Å². The summed E-state index contributed by atoms with van der Waals surface area (Å²) in [5, 5.41) is 0. The molecule has 0 aromatic heterocycles. The standard InChI is InChI=1S/C23H38O/c1-17(9-7-10-19(3)24)11-13-20-18(2)12-14-21-22(4,5)15-8-16-23(20,21)6/h9,12,20-21H,7-8,10-11,13-16H2,1-6H3/b17-9-/t20-,21-,23-/m1/s1. The van der Waals surface area contributed by atoms with Crippen LogP contribution in [0.4, 0.5) is 0 Å². The summed E-state index contributed by atoms with van der Waals surface area (Å²) in [5.74, 6) is 1.85. The Labute approximate surface area is 150 Å². The van der Waals surface area contributed by atoms with Gasteiger partial charge in [0.25, 0.3) is 0 Å². The molecule has 24 heavy (non-hydrogen) atoms. The quantitative estimate of drug-likeness (QED) is 0.485. The SMILES string of the molecule is CC(=O)CC/C=C(/C)CC[C@@H]1C(C)=CC[C@@H]2C(C)(C)CCC[C@]12C. The maximum Gasteiger partial charge on any atom is 0.130 e. The Kier molecular flexibility index (Phi) is 6.15. The molecule has 0 aromatic carbocycles. The molecule has 2 aliphatic rings. The maximum absolute atomic E-state index is 11.1. The fourth-order valence-corrected chi connectivity index (χ4v) is 5.69. The smallest absolute Gasteiger partial charge is 0.130 e. The third-order valence-corrected chi connectivity index (χ3v) is 7.11.